The lowest BCUT2D eigenvalue weighted by atomic mass is 9.33. The van der Waals surface area contributed by atoms with Crippen molar-refractivity contribution in [2.24, 2.45) is 5.41 Å². The van der Waals surface area contributed by atoms with Gasteiger partial charge in [-0.05, 0) is 151 Å². The fourth-order valence-corrected chi connectivity index (χ4v) is 13.2. The van der Waals surface area contributed by atoms with Crippen LogP contribution < -0.4 is 26.2 Å². The average molecular weight is 863 g/mol. The summed E-state index contributed by atoms with van der Waals surface area (Å²) in [5.41, 5.74) is 22.9. The minimum atomic E-state index is -0.0500. The SMILES string of the molecule is Cc1cc2c3c(c1)N(c1cccc(C(C)(C)C)c1)c1cc(C(C)(C)C)ccc1B3c1ccc(C3c4ccccc4C4(c5ccccc5)CCCCC34C)cc1N2c1ccc(C(C)(C)C)cc1. The molecule has 0 saturated heterocycles. The van der Waals surface area contributed by atoms with E-state index >= 15 is 0 Å². The molecule has 0 spiro atoms. The molecule has 332 valence electrons. The first-order chi connectivity index (χ1) is 31.4. The van der Waals surface area contributed by atoms with E-state index in [9.17, 15) is 0 Å². The lowest BCUT2D eigenvalue weighted by molar-refractivity contribution is 0.109. The largest absolute Gasteiger partial charge is 0.311 e. The fraction of sp³-hybridized carbons (Fsp3) is 0.333. The van der Waals surface area contributed by atoms with Crippen molar-refractivity contribution in [3.8, 4) is 0 Å². The molecule has 2 aliphatic heterocycles. The third-order valence-electron chi connectivity index (χ3n) is 16.5. The van der Waals surface area contributed by atoms with Gasteiger partial charge in [-0.15, -0.1) is 0 Å². The number of rotatable bonds is 4. The molecule has 66 heavy (non-hydrogen) atoms. The standard InChI is InChI=1S/C63H67BN2/c1-41-36-55-58-56(37-41)66(48-23-19-22-45(39-48)60(5,6)7)54-40-46(61(8,9)10)29-33-52(54)64(58)51-32-26-42(38-53(51)65(55)47-30-27-43(28-31-47)59(2,3)4)57-49-24-15-16-25-50(49)63(44-20-13-12-14-21-44)35-18-17-34-62(57,63)11/h12-16,19-33,36-40,57H,17-18,34-35H2,1-11H3. The number of anilines is 6. The zero-order chi connectivity index (χ0) is 46.1. The Labute approximate surface area is 396 Å². The average Bonchev–Trinajstić information content (AvgIpc) is 3.53. The van der Waals surface area contributed by atoms with E-state index in [0.29, 0.717) is 0 Å². The molecule has 4 aliphatic rings. The van der Waals surface area contributed by atoms with Crippen LogP contribution in [0.1, 0.15) is 145 Å². The first-order valence-corrected chi connectivity index (χ1v) is 24.8. The number of benzene rings is 7. The van der Waals surface area contributed by atoms with Crippen LogP contribution in [-0.2, 0) is 21.7 Å². The summed E-state index contributed by atoms with van der Waals surface area (Å²) in [6.07, 6.45) is 4.88. The Bertz CT molecular complexity index is 3030. The Kier molecular flexibility index (Phi) is 9.64. The second-order valence-corrected chi connectivity index (χ2v) is 23.7. The van der Waals surface area contributed by atoms with Gasteiger partial charge in [0.1, 0.15) is 0 Å². The van der Waals surface area contributed by atoms with Gasteiger partial charge in [0, 0.05) is 45.5 Å². The van der Waals surface area contributed by atoms with Gasteiger partial charge in [0.15, 0.2) is 0 Å². The van der Waals surface area contributed by atoms with Crippen LogP contribution in [0.25, 0.3) is 0 Å². The van der Waals surface area contributed by atoms with Crippen LogP contribution in [0.4, 0.5) is 34.1 Å². The van der Waals surface area contributed by atoms with E-state index < -0.39 is 0 Å². The maximum Gasteiger partial charge on any atom is 0.252 e. The molecule has 2 nitrogen and oxygen atoms in total. The normalized spacial score (nSPS) is 20.9. The molecule has 7 aromatic rings. The molecular weight excluding hydrogens is 796 g/mol. The van der Waals surface area contributed by atoms with Gasteiger partial charge in [-0.2, -0.15) is 0 Å². The van der Waals surface area contributed by atoms with Crippen LogP contribution in [0, 0.1) is 12.3 Å². The lowest BCUT2D eigenvalue weighted by Gasteiger charge is -2.51. The molecule has 3 heteroatoms. The van der Waals surface area contributed by atoms with Crippen LogP contribution in [0.3, 0.4) is 0 Å². The van der Waals surface area contributed by atoms with Gasteiger partial charge in [-0.1, -0.05) is 185 Å². The number of nitrogens with zero attached hydrogens (tertiary/aromatic N) is 2. The number of fused-ring (bicyclic) bond motifs is 7. The highest BCUT2D eigenvalue weighted by Crippen LogP contribution is 2.69. The van der Waals surface area contributed by atoms with Crippen LogP contribution in [0.15, 0.2) is 152 Å². The molecule has 2 heterocycles. The van der Waals surface area contributed by atoms with Crippen molar-refractivity contribution >= 4 is 57.2 Å². The Morgan fingerprint density at radius 2 is 1.08 bits per heavy atom. The summed E-state index contributed by atoms with van der Waals surface area (Å²) in [6.45, 7) is 26.0. The second kappa shape index (κ2) is 14.9. The summed E-state index contributed by atoms with van der Waals surface area (Å²) < 4.78 is 0. The summed E-state index contributed by atoms with van der Waals surface area (Å²) in [5, 5.41) is 0. The predicted molar refractivity (Wildman–Crippen MR) is 283 cm³/mol. The molecular formula is C63H67BN2. The third-order valence-corrected chi connectivity index (χ3v) is 16.5. The van der Waals surface area contributed by atoms with E-state index in [2.05, 4.69) is 238 Å². The van der Waals surface area contributed by atoms with Gasteiger partial charge < -0.3 is 9.80 Å². The third kappa shape index (κ3) is 6.35. The summed E-state index contributed by atoms with van der Waals surface area (Å²) in [7, 11) is 0. The lowest BCUT2D eigenvalue weighted by Crippen LogP contribution is -2.61. The number of aryl methyl sites for hydroxylation is 1. The van der Waals surface area contributed by atoms with Crippen molar-refractivity contribution in [3.05, 3.63) is 196 Å². The van der Waals surface area contributed by atoms with Crippen molar-refractivity contribution in [1.29, 1.82) is 0 Å². The van der Waals surface area contributed by atoms with Gasteiger partial charge in [0.05, 0.1) is 0 Å². The van der Waals surface area contributed by atoms with Crippen molar-refractivity contribution in [2.45, 2.75) is 129 Å². The van der Waals surface area contributed by atoms with Gasteiger partial charge in [0.25, 0.3) is 6.71 Å². The van der Waals surface area contributed by atoms with E-state index in [1.165, 1.54) is 121 Å². The number of hydrogen-bond acceptors (Lipinski definition) is 2. The number of hydrogen-bond donors (Lipinski definition) is 0. The highest BCUT2D eigenvalue weighted by atomic mass is 15.2. The molecule has 1 saturated carbocycles. The molecule has 0 amide bonds. The Hall–Kier alpha value is -5.80. The summed E-state index contributed by atoms with van der Waals surface area (Å²) >= 11 is 0. The first-order valence-electron chi connectivity index (χ1n) is 24.8. The molecule has 2 aliphatic carbocycles. The molecule has 1 fully saturated rings. The maximum absolute atomic E-state index is 2.64. The smallest absolute Gasteiger partial charge is 0.252 e. The Morgan fingerprint density at radius 1 is 0.500 bits per heavy atom. The molecule has 0 aromatic heterocycles. The van der Waals surface area contributed by atoms with E-state index in [4.69, 9.17) is 0 Å². The molecule has 0 N–H and O–H groups in total. The van der Waals surface area contributed by atoms with E-state index in [-0.39, 0.29) is 39.7 Å². The van der Waals surface area contributed by atoms with Crippen LogP contribution in [-0.4, -0.2) is 6.71 Å². The molecule has 3 unspecified atom stereocenters. The zero-order valence-electron chi connectivity index (χ0n) is 41.3. The zero-order valence-corrected chi connectivity index (χ0v) is 41.3. The summed E-state index contributed by atoms with van der Waals surface area (Å²) in [4.78, 5) is 5.24. The van der Waals surface area contributed by atoms with E-state index in [0.717, 1.165) is 0 Å². The quantitative estimate of drug-likeness (QED) is 0.163. The van der Waals surface area contributed by atoms with E-state index in [1.54, 1.807) is 0 Å². The minimum absolute atomic E-state index is 0.00291. The molecule has 11 rings (SSSR count). The highest BCUT2D eigenvalue weighted by molar-refractivity contribution is 7.00. The van der Waals surface area contributed by atoms with E-state index in [1.807, 2.05) is 0 Å². The Morgan fingerprint density at radius 3 is 1.76 bits per heavy atom. The van der Waals surface area contributed by atoms with Crippen molar-refractivity contribution < 1.29 is 0 Å². The minimum Gasteiger partial charge on any atom is -0.311 e. The molecule has 0 radical (unpaired) electrons. The first kappa shape index (κ1) is 42.8. The van der Waals surface area contributed by atoms with Gasteiger partial charge in [-0.3, -0.25) is 0 Å². The molecule has 3 atom stereocenters. The van der Waals surface area contributed by atoms with Gasteiger partial charge in [-0.25, -0.2) is 0 Å². The summed E-state index contributed by atoms with van der Waals surface area (Å²) in [6, 6.07) is 60.0. The van der Waals surface area contributed by atoms with Crippen molar-refractivity contribution in [3.63, 3.8) is 0 Å². The Balaban J connectivity index is 1.19. The molecule has 7 aromatic carbocycles. The van der Waals surface area contributed by atoms with Crippen LogP contribution >= 0.6 is 0 Å². The second-order valence-electron chi connectivity index (χ2n) is 23.7. The topological polar surface area (TPSA) is 6.48 Å². The van der Waals surface area contributed by atoms with Crippen molar-refractivity contribution in [1.82, 2.24) is 0 Å². The highest BCUT2D eigenvalue weighted by Gasteiger charge is 2.61. The van der Waals surface area contributed by atoms with Crippen LogP contribution in [0.2, 0.25) is 0 Å². The predicted octanol–water partition coefficient (Wildman–Crippen LogP) is 15.0. The summed E-state index contributed by atoms with van der Waals surface area (Å²) in [5.74, 6) is 0.248. The molecule has 0 bridgehead atoms. The maximum atomic E-state index is 2.64. The van der Waals surface area contributed by atoms with Crippen molar-refractivity contribution in [2.75, 3.05) is 9.80 Å². The van der Waals surface area contributed by atoms with Gasteiger partial charge >= 0.3 is 0 Å². The van der Waals surface area contributed by atoms with Gasteiger partial charge in [0.2, 0.25) is 0 Å². The fourth-order valence-electron chi connectivity index (χ4n) is 13.2. The van der Waals surface area contributed by atoms with Crippen LogP contribution in [0.5, 0.6) is 0 Å². The monoisotopic (exact) mass is 863 g/mol.